The number of aromatic nitrogens is 11. The van der Waals surface area contributed by atoms with E-state index in [0.717, 1.165) is 154 Å². The van der Waals surface area contributed by atoms with Crippen LogP contribution in [0.25, 0.3) is 211 Å². The minimum Gasteiger partial charge on any atom is -0.306 e. The summed E-state index contributed by atoms with van der Waals surface area (Å²) in [4.78, 5) is 67.7. The van der Waals surface area contributed by atoms with E-state index in [0.29, 0.717) is 57.1 Å². The Morgan fingerprint density at radius 1 is 0.226 bits per heavy atom. The van der Waals surface area contributed by atoms with Gasteiger partial charge in [-0.3, -0.25) is 23.0 Å². The second-order valence-corrected chi connectivity index (χ2v) is 27.0. The first-order valence-electron chi connectivity index (χ1n) is 35.3. The summed E-state index contributed by atoms with van der Waals surface area (Å²) in [5.41, 5.74) is 15.9. The van der Waals surface area contributed by atoms with Crippen molar-refractivity contribution in [1.82, 2.24) is 52.8 Å². The molecule has 0 saturated heterocycles. The second kappa shape index (κ2) is 22.9. The van der Waals surface area contributed by atoms with Crippen molar-refractivity contribution in [2.24, 2.45) is 0 Å². The van der Waals surface area contributed by atoms with Gasteiger partial charge in [-0.05, 0) is 75.8 Å². The van der Waals surface area contributed by atoms with Crippen LogP contribution in [0.3, 0.4) is 0 Å². The van der Waals surface area contributed by atoms with Crippen molar-refractivity contribution in [2.75, 3.05) is 0 Å². The van der Waals surface area contributed by atoms with E-state index >= 15 is 4.79 Å². The number of benzene rings is 14. The summed E-state index contributed by atoms with van der Waals surface area (Å²) in [5.74, 6) is 3.94. The van der Waals surface area contributed by atoms with E-state index in [2.05, 4.69) is 143 Å². The van der Waals surface area contributed by atoms with Crippen molar-refractivity contribution in [2.45, 2.75) is 0 Å². The lowest BCUT2D eigenvalue weighted by atomic mass is 10.00. The second-order valence-electron chi connectivity index (χ2n) is 27.0. The van der Waals surface area contributed by atoms with Gasteiger partial charge in [0.15, 0.2) is 23.3 Å². The van der Waals surface area contributed by atoms with Crippen molar-refractivity contribution < 1.29 is 0 Å². The smallest absolute Gasteiger partial charge is 0.264 e. The summed E-state index contributed by atoms with van der Waals surface area (Å²) in [6.07, 6.45) is 0. The van der Waals surface area contributed by atoms with Crippen LogP contribution in [0.15, 0.2) is 331 Å². The summed E-state index contributed by atoms with van der Waals surface area (Å²) in [7, 11) is 0. The molecule has 0 amide bonds. The molecule has 0 aliphatic rings. The van der Waals surface area contributed by atoms with E-state index < -0.39 is 0 Å². The molecule has 22 rings (SSSR count). The van der Waals surface area contributed by atoms with E-state index in [-0.39, 0.29) is 11.1 Å². The molecule has 22 aromatic rings. The average molecular weight is 1360 g/mol. The van der Waals surface area contributed by atoms with Gasteiger partial charge in [-0.25, -0.2) is 34.9 Å². The first-order valence-corrected chi connectivity index (χ1v) is 35.3. The summed E-state index contributed by atoms with van der Waals surface area (Å²) in [6.45, 7) is 0. The average Bonchev–Trinajstić information content (AvgIpc) is 1.54. The maximum absolute atomic E-state index is 15.0. The molecule has 0 atom stereocenters. The molecule has 0 radical (unpaired) electrons. The molecule has 0 saturated carbocycles. The third kappa shape index (κ3) is 8.80. The molecule has 0 aliphatic heterocycles. The fraction of sp³-hybridized carbons (Fsp3) is 0. The topological polar surface area (TPSA) is 143 Å². The van der Waals surface area contributed by atoms with E-state index in [4.69, 9.17) is 34.9 Å². The molecule has 13 nitrogen and oxygen atoms in total. The number of hydrogen-bond donors (Lipinski definition) is 0. The summed E-state index contributed by atoms with van der Waals surface area (Å²) in [5, 5.41) is 10.9. The highest BCUT2D eigenvalue weighted by Crippen LogP contribution is 2.47. The Kier molecular flexibility index (Phi) is 12.8. The number of fused-ring (bicyclic) bond motifs is 13. The van der Waals surface area contributed by atoms with Gasteiger partial charge in [0.05, 0.1) is 44.5 Å². The Hall–Kier alpha value is -14.7. The van der Waals surface area contributed by atoms with Crippen LogP contribution in [-0.4, -0.2) is 52.8 Å². The van der Waals surface area contributed by atoms with Crippen LogP contribution in [-0.2, 0) is 0 Å². The fourth-order valence-electron chi connectivity index (χ4n) is 16.4. The van der Waals surface area contributed by atoms with Gasteiger partial charge in [0, 0.05) is 93.5 Å². The van der Waals surface area contributed by atoms with E-state index in [1.54, 1.807) is 4.40 Å². The molecule has 0 N–H and O–H groups in total. The normalized spacial score (nSPS) is 12.0. The number of para-hydroxylation sites is 1. The van der Waals surface area contributed by atoms with Gasteiger partial charge in [0.25, 0.3) is 11.1 Å². The van der Waals surface area contributed by atoms with Crippen LogP contribution in [0.5, 0.6) is 0 Å². The molecule has 0 unspecified atom stereocenters. The standard InChI is InChI=1S/C93H53N11O2/c105-92-69-39-20-17-35-63(69)71-51-73-66-38-22-23-41-76(66)101(82(73)80-84(71)103(92)90(96-80)59-30-12-4-13-31-59)77-49-48-68(62-34-16-19-37-65(62)77)89-99-87(57-28-10-3-11-29-57)98-88(100-89)58-44-42-54(43-45-58)61-46-47-67-74-52-72-64-36-18-21-40-70(64)93(106)104-85(72)81(97-91(104)60-32-14-5-15-33-60)83(74)102(78(67)50-61)79-53-75(55-24-6-1-7-25-55)94-86(95-79)56-26-8-2-9-27-56/h1-53H. The Balaban J connectivity index is 0.722. The maximum Gasteiger partial charge on any atom is 0.264 e. The van der Waals surface area contributed by atoms with Crippen molar-refractivity contribution in [3.8, 4) is 102 Å². The Labute approximate surface area is 602 Å². The van der Waals surface area contributed by atoms with Gasteiger partial charge in [-0.1, -0.05) is 267 Å². The third-order valence-corrected chi connectivity index (χ3v) is 21.1. The summed E-state index contributed by atoms with van der Waals surface area (Å²) >= 11 is 0. The summed E-state index contributed by atoms with van der Waals surface area (Å²) in [6, 6.07) is 109. The highest BCUT2D eigenvalue weighted by Gasteiger charge is 2.29. The van der Waals surface area contributed by atoms with Crippen molar-refractivity contribution in [3.05, 3.63) is 342 Å². The maximum atomic E-state index is 15.0. The van der Waals surface area contributed by atoms with Crippen LogP contribution in [0, 0.1) is 0 Å². The molecule has 8 aromatic heterocycles. The zero-order valence-electron chi connectivity index (χ0n) is 56.3. The molecule has 14 aromatic carbocycles. The SMILES string of the molecule is O=c1c2ccccc2c2cc3c4ccc(-c5ccc(-c6nc(-c7ccccc7)nc(-c7ccc(-n8c9ccccc9c9cc%10c%11ccccc%11c(=O)n%11c(-c%12ccccc%12)nc(c98)c%10%11)c8ccccc78)n6)cc5)cc4n(-c4cc(-c5ccccc5)nc(-c5ccccc5)n4)c3c3nc(-c4ccccc4)n1c23. The van der Waals surface area contributed by atoms with Gasteiger partial charge in [0.2, 0.25) is 0 Å². The fourth-order valence-corrected chi connectivity index (χ4v) is 16.4. The molecule has 0 spiro atoms. The largest absolute Gasteiger partial charge is 0.306 e. The first kappa shape index (κ1) is 59.0. The van der Waals surface area contributed by atoms with Gasteiger partial charge >= 0.3 is 0 Å². The lowest BCUT2D eigenvalue weighted by Gasteiger charge is -2.15. The predicted octanol–water partition coefficient (Wildman–Crippen LogP) is 20.8. The quantitative estimate of drug-likeness (QED) is 0.122. The number of nitrogens with zero attached hydrogens (tertiary/aromatic N) is 11. The van der Waals surface area contributed by atoms with Crippen molar-refractivity contribution in [3.63, 3.8) is 0 Å². The lowest BCUT2D eigenvalue weighted by molar-refractivity contribution is 1.05. The number of imidazole rings is 2. The number of rotatable bonds is 10. The highest BCUT2D eigenvalue weighted by atomic mass is 16.1. The Morgan fingerprint density at radius 2 is 0.632 bits per heavy atom. The van der Waals surface area contributed by atoms with Crippen molar-refractivity contribution in [1.29, 1.82) is 0 Å². The minimum atomic E-state index is -0.132. The van der Waals surface area contributed by atoms with Crippen LogP contribution in [0.2, 0.25) is 0 Å². The third-order valence-electron chi connectivity index (χ3n) is 21.1. The molecule has 492 valence electrons. The van der Waals surface area contributed by atoms with Gasteiger partial charge in [-0.2, -0.15) is 0 Å². The molecule has 13 heteroatoms. The van der Waals surface area contributed by atoms with E-state index in [1.165, 1.54) is 0 Å². The molecular weight excluding hydrogens is 1300 g/mol. The predicted molar refractivity (Wildman–Crippen MR) is 428 cm³/mol. The first-order chi connectivity index (χ1) is 52.4. The lowest BCUT2D eigenvalue weighted by Crippen LogP contribution is -2.14. The van der Waals surface area contributed by atoms with Crippen LogP contribution < -0.4 is 11.1 Å². The molecule has 106 heavy (non-hydrogen) atoms. The van der Waals surface area contributed by atoms with E-state index in [1.807, 2.05) is 192 Å². The van der Waals surface area contributed by atoms with Crippen molar-refractivity contribution >= 4 is 109 Å². The highest BCUT2D eigenvalue weighted by molar-refractivity contribution is 6.28. The van der Waals surface area contributed by atoms with E-state index in [9.17, 15) is 4.79 Å². The number of hydrogen-bond acceptors (Lipinski definition) is 9. The molecule has 8 heterocycles. The molecule has 0 aliphatic carbocycles. The minimum absolute atomic E-state index is 0.107. The van der Waals surface area contributed by atoms with Gasteiger partial charge in [-0.15, -0.1) is 0 Å². The zero-order valence-corrected chi connectivity index (χ0v) is 56.3. The van der Waals surface area contributed by atoms with Gasteiger partial charge < -0.3 is 4.57 Å². The molecule has 0 bridgehead atoms. The number of pyridine rings is 2. The molecule has 0 fully saturated rings. The molecular formula is C93H53N11O2. The Bertz CT molecular complexity index is 7470. The van der Waals surface area contributed by atoms with Crippen LogP contribution in [0.1, 0.15) is 0 Å². The van der Waals surface area contributed by atoms with Crippen LogP contribution in [0.4, 0.5) is 0 Å². The summed E-state index contributed by atoms with van der Waals surface area (Å²) < 4.78 is 8.18. The monoisotopic (exact) mass is 1360 g/mol. The zero-order chi connectivity index (χ0) is 69.8. The Morgan fingerprint density at radius 3 is 1.19 bits per heavy atom. The van der Waals surface area contributed by atoms with Gasteiger partial charge in [0.1, 0.15) is 28.5 Å². The van der Waals surface area contributed by atoms with Crippen LogP contribution >= 0.6 is 0 Å².